The summed E-state index contributed by atoms with van der Waals surface area (Å²) in [5.74, 6) is 1.47. The van der Waals surface area contributed by atoms with Gasteiger partial charge in [0, 0.05) is 23.3 Å². The van der Waals surface area contributed by atoms with Gasteiger partial charge in [-0.05, 0) is 41.8 Å². The highest BCUT2D eigenvalue weighted by atomic mass is 79.9. The first-order chi connectivity index (χ1) is 12.5. The lowest BCUT2D eigenvalue weighted by atomic mass is 10.0. The molecule has 0 saturated heterocycles. The van der Waals surface area contributed by atoms with Crippen LogP contribution in [0.1, 0.15) is 25.3 Å². The topological polar surface area (TPSA) is 56.8 Å². The summed E-state index contributed by atoms with van der Waals surface area (Å²) in [6, 6.07) is 13.0. The molecule has 0 fully saturated rings. The molecule has 0 atom stereocenters. The Morgan fingerprint density at radius 3 is 2.65 bits per heavy atom. The van der Waals surface area contributed by atoms with Crippen molar-refractivity contribution in [1.29, 1.82) is 0 Å². The van der Waals surface area contributed by atoms with Crippen molar-refractivity contribution in [3.8, 4) is 11.5 Å². The molecular weight excluding hydrogens is 398 g/mol. The van der Waals surface area contributed by atoms with Gasteiger partial charge in [-0.2, -0.15) is 0 Å². The number of methoxy groups -OCH3 is 1. The molecule has 0 bridgehead atoms. The third-order valence-corrected chi connectivity index (χ3v) is 4.12. The van der Waals surface area contributed by atoms with E-state index in [1.807, 2.05) is 30.3 Å². The van der Waals surface area contributed by atoms with Crippen LogP contribution in [0.25, 0.3) is 0 Å². The number of hydrogen-bond acceptors (Lipinski definition) is 4. The van der Waals surface area contributed by atoms with Crippen molar-refractivity contribution in [3.05, 3.63) is 52.5 Å². The van der Waals surface area contributed by atoms with Gasteiger partial charge < -0.3 is 19.5 Å². The molecule has 140 valence electrons. The minimum Gasteiger partial charge on any atom is -0.491 e. The molecule has 0 aliphatic rings. The predicted octanol–water partition coefficient (Wildman–Crippen LogP) is 4.62. The highest BCUT2D eigenvalue weighted by Crippen LogP contribution is 2.29. The zero-order valence-electron chi connectivity index (χ0n) is 15.3. The summed E-state index contributed by atoms with van der Waals surface area (Å²) in [4.78, 5) is 12.2. The average Bonchev–Trinajstić information content (AvgIpc) is 2.61. The van der Waals surface area contributed by atoms with Crippen LogP contribution in [-0.4, -0.2) is 32.8 Å². The van der Waals surface area contributed by atoms with Crippen molar-refractivity contribution < 1.29 is 19.0 Å². The Kier molecular flexibility index (Phi) is 7.94. The highest BCUT2D eigenvalue weighted by Gasteiger charge is 2.11. The first-order valence-corrected chi connectivity index (χ1v) is 9.22. The molecule has 2 aromatic carbocycles. The van der Waals surface area contributed by atoms with Crippen LogP contribution < -0.4 is 14.8 Å². The maximum atomic E-state index is 12.2. The van der Waals surface area contributed by atoms with Crippen molar-refractivity contribution >= 4 is 27.5 Å². The third kappa shape index (κ3) is 6.35. The van der Waals surface area contributed by atoms with E-state index in [1.54, 1.807) is 19.2 Å². The van der Waals surface area contributed by atoms with Crippen LogP contribution in [0.4, 0.5) is 5.69 Å². The predicted molar refractivity (Wildman–Crippen MR) is 106 cm³/mol. The molecule has 26 heavy (non-hydrogen) atoms. The number of anilines is 1. The van der Waals surface area contributed by atoms with Gasteiger partial charge in [-0.15, -0.1) is 0 Å². The zero-order valence-corrected chi connectivity index (χ0v) is 16.8. The van der Waals surface area contributed by atoms with Crippen LogP contribution in [0, 0.1) is 0 Å². The number of nitrogens with one attached hydrogen (secondary N) is 1. The fourth-order valence-corrected chi connectivity index (χ4v) is 2.73. The van der Waals surface area contributed by atoms with Crippen LogP contribution in [0.15, 0.2) is 46.9 Å². The fraction of sp³-hybridized carbons (Fsp3) is 0.350. The second-order valence-corrected chi connectivity index (χ2v) is 6.96. The van der Waals surface area contributed by atoms with Gasteiger partial charge in [0.15, 0.2) is 6.61 Å². The summed E-state index contributed by atoms with van der Waals surface area (Å²) >= 11 is 3.46. The number of amides is 1. The van der Waals surface area contributed by atoms with Crippen LogP contribution in [0.3, 0.4) is 0 Å². The molecule has 0 radical (unpaired) electrons. The third-order valence-electron chi connectivity index (χ3n) is 3.63. The second kappa shape index (κ2) is 10.2. The van der Waals surface area contributed by atoms with E-state index in [1.165, 1.54) is 0 Å². The molecule has 2 aromatic rings. The van der Waals surface area contributed by atoms with Crippen molar-refractivity contribution in [3.63, 3.8) is 0 Å². The quantitative estimate of drug-likeness (QED) is 0.600. The second-order valence-electron chi connectivity index (χ2n) is 6.04. The molecule has 0 heterocycles. The number of carbonyl (C=O) groups is 1. The number of rotatable bonds is 9. The highest BCUT2D eigenvalue weighted by molar-refractivity contribution is 9.10. The van der Waals surface area contributed by atoms with Gasteiger partial charge in [0.1, 0.15) is 18.1 Å². The lowest BCUT2D eigenvalue weighted by molar-refractivity contribution is -0.118. The maximum absolute atomic E-state index is 12.2. The van der Waals surface area contributed by atoms with Gasteiger partial charge in [0.05, 0.1) is 6.61 Å². The van der Waals surface area contributed by atoms with Crippen LogP contribution in [-0.2, 0) is 9.53 Å². The van der Waals surface area contributed by atoms with Gasteiger partial charge in [-0.3, -0.25) is 4.79 Å². The average molecular weight is 422 g/mol. The fourth-order valence-electron chi connectivity index (χ4n) is 2.35. The minimum atomic E-state index is -0.225. The van der Waals surface area contributed by atoms with Crippen molar-refractivity contribution in [2.75, 3.05) is 32.2 Å². The van der Waals surface area contributed by atoms with Crippen LogP contribution in [0.2, 0.25) is 0 Å². The summed E-state index contributed by atoms with van der Waals surface area (Å²) in [7, 11) is 1.62. The first kappa shape index (κ1) is 20.3. The van der Waals surface area contributed by atoms with Crippen LogP contribution >= 0.6 is 15.9 Å². The molecule has 0 spiro atoms. The van der Waals surface area contributed by atoms with Gasteiger partial charge in [0.2, 0.25) is 0 Å². The monoisotopic (exact) mass is 421 g/mol. The normalized spacial score (nSPS) is 10.7. The van der Waals surface area contributed by atoms with Gasteiger partial charge >= 0.3 is 0 Å². The summed E-state index contributed by atoms with van der Waals surface area (Å²) in [6.07, 6.45) is 0. The molecule has 1 amide bonds. The molecule has 0 saturated carbocycles. The molecule has 2 rings (SSSR count). The number of carbonyl (C=O) groups excluding carboxylic acids is 1. The SMILES string of the molecule is COCCOc1cccc(NC(=O)COc2ccc(Br)cc2C(C)C)c1. The van der Waals surface area contributed by atoms with Crippen LogP contribution in [0.5, 0.6) is 11.5 Å². The number of benzene rings is 2. The lowest BCUT2D eigenvalue weighted by Gasteiger charge is -2.14. The Labute approximate surface area is 162 Å². The molecule has 1 N–H and O–H groups in total. The molecule has 0 aliphatic carbocycles. The van der Waals surface area contributed by atoms with Gasteiger partial charge in [-0.1, -0.05) is 35.8 Å². The molecule has 0 aromatic heterocycles. The van der Waals surface area contributed by atoms with Crippen molar-refractivity contribution in [2.45, 2.75) is 19.8 Å². The number of halogens is 1. The Balaban J connectivity index is 1.92. The smallest absolute Gasteiger partial charge is 0.262 e. The van der Waals surface area contributed by atoms with E-state index < -0.39 is 0 Å². The Morgan fingerprint density at radius 2 is 1.92 bits per heavy atom. The van der Waals surface area contributed by atoms with E-state index >= 15 is 0 Å². The molecule has 5 nitrogen and oxygen atoms in total. The summed E-state index contributed by atoms with van der Waals surface area (Å²) in [5.41, 5.74) is 1.72. The van der Waals surface area contributed by atoms with E-state index in [2.05, 4.69) is 35.1 Å². The first-order valence-electron chi connectivity index (χ1n) is 8.43. The summed E-state index contributed by atoms with van der Waals surface area (Å²) in [5, 5.41) is 2.82. The Bertz CT molecular complexity index is 734. The van der Waals surface area contributed by atoms with E-state index in [9.17, 15) is 4.79 Å². The zero-order chi connectivity index (χ0) is 18.9. The standard InChI is InChI=1S/C20H24BrNO4/c1-14(2)18-11-15(21)7-8-19(18)26-13-20(23)22-16-5-4-6-17(12-16)25-10-9-24-3/h4-8,11-12,14H,9-10,13H2,1-3H3,(H,22,23). The van der Waals surface area contributed by atoms with E-state index in [4.69, 9.17) is 14.2 Å². The Morgan fingerprint density at radius 1 is 1.12 bits per heavy atom. The summed E-state index contributed by atoms with van der Waals surface area (Å²) in [6.45, 7) is 5.08. The number of ether oxygens (including phenoxy) is 3. The maximum Gasteiger partial charge on any atom is 0.262 e. The van der Waals surface area contributed by atoms with Gasteiger partial charge in [-0.25, -0.2) is 0 Å². The Hall–Kier alpha value is -2.05. The summed E-state index contributed by atoms with van der Waals surface area (Å²) < 4.78 is 17.2. The molecule has 0 unspecified atom stereocenters. The molecule has 6 heteroatoms. The van der Waals surface area contributed by atoms with E-state index in [0.717, 1.165) is 15.8 Å². The van der Waals surface area contributed by atoms with E-state index in [0.29, 0.717) is 30.6 Å². The van der Waals surface area contributed by atoms with Crippen molar-refractivity contribution in [1.82, 2.24) is 0 Å². The largest absolute Gasteiger partial charge is 0.491 e. The van der Waals surface area contributed by atoms with E-state index in [-0.39, 0.29) is 12.5 Å². The van der Waals surface area contributed by atoms with Gasteiger partial charge in [0.25, 0.3) is 5.91 Å². The van der Waals surface area contributed by atoms with Crippen molar-refractivity contribution in [2.24, 2.45) is 0 Å². The lowest BCUT2D eigenvalue weighted by Crippen LogP contribution is -2.20. The molecular formula is C20H24BrNO4. The minimum absolute atomic E-state index is 0.0594. The number of hydrogen-bond donors (Lipinski definition) is 1. The molecule has 0 aliphatic heterocycles.